The summed E-state index contributed by atoms with van der Waals surface area (Å²) in [6.45, 7) is 1.44. The van der Waals surface area contributed by atoms with E-state index in [1.807, 2.05) is 18.2 Å². The number of hydrogen-bond donors (Lipinski definition) is 4. The molecule has 0 bridgehead atoms. The van der Waals surface area contributed by atoms with E-state index in [1.54, 1.807) is 12.1 Å². The Hall–Kier alpha value is -1.63. The minimum Gasteiger partial charge on any atom is -0.491 e. The second-order valence-corrected chi connectivity index (χ2v) is 4.24. The van der Waals surface area contributed by atoms with E-state index < -0.39 is 24.2 Å². The number of carboxylic acids is 1. The highest BCUT2D eigenvalue weighted by atomic mass is 16.5. The predicted octanol–water partition coefficient (Wildman–Crippen LogP) is -0.150. The van der Waals surface area contributed by atoms with Crippen LogP contribution in [0.3, 0.4) is 0 Å². The molecule has 0 saturated heterocycles. The Kier molecular flexibility index (Phi) is 6.27. The van der Waals surface area contributed by atoms with Crippen LogP contribution in [-0.2, 0) is 4.79 Å². The van der Waals surface area contributed by atoms with E-state index in [0.29, 0.717) is 5.75 Å². The number of rotatable bonds is 8. The Morgan fingerprint density at radius 2 is 1.95 bits per heavy atom. The summed E-state index contributed by atoms with van der Waals surface area (Å²) >= 11 is 0. The number of carbonyl (C=O) groups is 1. The summed E-state index contributed by atoms with van der Waals surface area (Å²) in [5, 5.41) is 30.3. The van der Waals surface area contributed by atoms with Crippen molar-refractivity contribution in [3.63, 3.8) is 0 Å². The molecule has 0 saturated carbocycles. The number of hydrogen-bond acceptors (Lipinski definition) is 5. The molecule has 106 valence electrons. The van der Waals surface area contributed by atoms with Crippen molar-refractivity contribution in [2.24, 2.45) is 0 Å². The quantitative estimate of drug-likeness (QED) is 0.524. The maximum atomic E-state index is 10.8. The molecule has 4 N–H and O–H groups in total. The molecule has 3 atom stereocenters. The molecule has 6 nitrogen and oxygen atoms in total. The van der Waals surface area contributed by atoms with Gasteiger partial charge >= 0.3 is 5.97 Å². The molecule has 19 heavy (non-hydrogen) atoms. The van der Waals surface area contributed by atoms with Gasteiger partial charge in [-0.05, 0) is 19.1 Å². The summed E-state index contributed by atoms with van der Waals surface area (Å²) in [7, 11) is 0. The molecular formula is C13H19NO5. The lowest BCUT2D eigenvalue weighted by atomic mass is 10.2. The fraction of sp³-hybridized carbons (Fsp3) is 0.462. The number of nitrogens with one attached hydrogen (secondary N) is 1. The molecule has 1 aromatic rings. The number of aliphatic hydroxyl groups excluding tert-OH is 2. The van der Waals surface area contributed by atoms with Gasteiger partial charge in [-0.2, -0.15) is 0 Å². The van der Waals surface area contributed by atoms with E-state index in [1.165, 1.54) is 6.92 Å². The first-order valence-corrected chi connectivity index (χ1v) is 6.01. The van der Waals surface area contributed by atoms with E-state index >= 15 is 0 Å². The maximum Gasteiger partial charge on any atom is 0.323 e. The zero-order chi connectivity index (χ0) is 14.3. The fourth-order valence-electron chi connectivity index (χ4n) is 1.50. The minimum atomic E-state index is -1.16. The van der Waals surface area contributed by atoms with Gasteiger partial charge in [0.1, 0.15) is 24.5 Å². The standard InChI is InChI=1S/C13H19NO5/c1-9(15)12(13(17)18)14-7-10(16)8-19-11-5-3-2-4-6-11/h2-6,9-10,12,14-16H,7-8H2,1H3,(H,17,18). The van der Waals surface area contributed by atoms with Gasteiger partial charge in [0.2, 0.25) is 0 Å². The third kappa shape index (κ3) is 5.69. The van der Waals surface area contributed by atoms with Gasteiger partial charge in [0.15, 0.2) is 0 Å². The van der Waals surface area contributed by atoms with Gasteiger partial charge in [-0.25, -0.2) is 0 Å². The van der Waals surface area contributed by atoms with Crippen LogP contribution >= 0.6 is 0 Å². The van der Waals surface area contributed by atoms with Gasteiger partial charge in [-0.3, -0.25) is 10.1 Å². The fourth-order valence-corrected chi connectivity index (χ4v) is 1.50. The molecule has 0 aliphatic heterocycles. The van der Waals surface area contributed by atoms with Gasteiger partial charge in [0.05, 0.1) is 6.10 Å². The number of ether oxygens (including phenoxy) is 1. The van der Waals surface area contributed by atoms with Crippen LogP contribution in [0.2, 0.25) is 0 Å². The number of para-hydroxylation sites is 1. The van der Waals surface area contributed by atoms with E-state index in [2.05, 4.69) is 5.32 Å². The topological polar surface area (TPSA) is 99.0 Å². The highest BCUT2D eigenvalue weighted by Gasteiger charge is 2.23. The molecule has 0 heterocycles. The predicted molar refractivity (Wildman–Crippen MR) is 69.1 cm³/mol. The van der Waals surface area contributed by atoms with Crippen LogP contribution in [0, 0.1) is 0 Å². The second kappa shape index (κ2) is 7.73. The minimum absolute atomic E-state index is 0.0225. The molecule has 0 aliphatic rings. The molecule has 0 radical (unpaired) electrons. The van der Waals surface area contributed by atoms with Gasteiger partial charge in [-0.1, -0.05) is 18.2 Å². The Morgan fingerprint density at radius 1 is 1.32 bits per heavy atom. The Morgan fingerprint density at radius 3 is 2.47 bits per heavy atom. The summed E-state index contributed by atoms with van der Waals surface area (Å²) in [5.74, 6) is -0.530. The van der Waals surface area contributed by atoms with Crippen LogP contribution in [0.4, 0.5) is 0 Å². The lowest BCUT2D eigenvalue weighted by molar-refractivity contribution is -0.142. The summed E-state index contributed by atoms with van der Waals surface area (Å²) < 4.78 is 5.32. The van der Waals surface area contributed by atoms with E-state index in [4.69, 9.17) is 9.84 Å². The van der Waals surface area contributed by atoms with Gasteiger partial charge in [0, 0.05) is 6.54 Å². The van der Waals surface area contributed by atoms with Crippen molar-refractivity contribution in [3.8, 4) is 5.75 Å². The normalized spacial score (nSPS) is 15.5. The summed E-state index contributed by atoms with van der Waals surface area (Å²) in [4.78, 5) is 10.8. The Balaban J connectivity index is 2.31. The van der Waals surface area contributed by atoms with Crippen molar-refractivity contribution in [2.45, 2.75) is 25.2 Å². The van der Waals surface area contributed by atoms with Crippen LogP contribution in [0.5, 0.6) is 5.75 Å². The van der Waals surface area contributed by atoms with Crippen molar-refractivity contribution in [1.82, 2.24) is 5.32 Å². The van der Waals surface area contributed by atoms with Crippen LogP contribution in [-0.4, -0.2) is 52.7 Å². The SMILES string of the molecule is CC(O)C(NCC(O)COc1ccccc1)C(=O)O. The zero-order valence-electron chi connectivity index (χ0n) is 10.7. The molecular weight excluding hydrogens is 250 g/mol. The lowest BCUT2D eigenvalue weighted by Crippen LogP contribution is -2.48. The molecule has 1 rings (SSSR count). The zero-order valence-corrected chi connectivity index (χ0v) is 10.7. The van der Waals surface area contributed by atoms with Crippen molar-refractivity contribution >= 4 is 5.97 Å². The van der Waals surface area contributed by atoms with Crippen LogP contribution in [0.1, 0.15) is 6.92 Å². The van der Waals surface area contributed by atoms with Gasteiger partial charge in [-0.15, -0.1) is 0 Å². The summed E-state index contributed by atoms with van der Waals surface area (Å²) in [6.07, 6.45) is -1.90. The Labute approximate surface area is 111 Å². The second-order valence-electron chi connectivity index (χ2n) is 4.24. The van der Waals surface area contributed by atoms with Gasteiger partial charge in [0.25, 0.3) is 0 Å². The maximum absolute atomic E-state index is 10.8. The van der Waals surface area contributed by atoms with Crippen molar-refractivity contribution in [2.75, 3.05) is 13.2 Å². The van der Waals surface area contributed by atoms with Gasteiger partial charge < -0.3 is 20.1 Å². The van der Waals surface area contributed by atoms with Crippen LogP contribution in [0.15, 0.2) is 30.3 Å². The van der Waals surface area contributed by atoms with E-state index in [0.717, 1.165) is 0 Å². The average Bonchev–Trinajstić information content (AvgIpc) is 2.37. The molecule has 1 aromatic carbocycles. The van der Waals surface area contributed by atoms with Crippen LogP contribution < -0.4 is 10.1 Å². The largest absolute Gasteiger partial charge is 0.491 e. The monoisotopic (exact) mass is 269 g/mol. The average molecular weight is 269 g/mol. The molecule has 0 aliphatic carbocycles. The summed E-state index contributed by atoms with van der Waals surface area (Å²) in [6, 6.07) is 7.89. The van der Waals surface area contributed by atoms with Crippen LogP contribution in [0.25, 0.3) is 0 Å². The smallest absolute Gasteiger partial charge is 0.323 e. The first-order chi connectivity index (χ1) is 9.00. The Bertz CT molecular complexity index is 382. The number of aliphatic hydroxyl groups is 2. The molecule has 0 spiro atoms. The number of aliphatic carboxylic acids is 1. The highest BCUT2D eigenvalue weighted by molar-refractivity contribution is 5.74. The van der Waals surface area contributed by atoms with Crippen molar-refractivity contribution in [3.05, 3.63) is 30.3 Å². The van der Waals surface area contributed by atoms with E-state index in [-0.39, 0.29) is 13.2 Å². The number of benzene rings is 1. The third-order valence-electron chi connectivity index (χ3n) is 2.51. The van der Waals surface area contributed by atoms with Crippen molar-refractivity contribution in [1.29, 1.82) is 0 Å². The molecule has 0 fully saturated rings. The lowest BCUT2D eigenvalue weighted by Gasteiger charge is -2.19. The third-order valence-corrected chi connectivity index (χ3v) is 2.51. The van der Waals surface area contributed by atoms with E-state index in [9.17, 15) is 15.0 Å². The van der Waals surface area contributed by atoms with Crippen molar-refractivity contribution < 1.29 is 24.9 Å². The first-order valence-electron chi connectivity index (χ1n) is 6.01. The highest BCUT2D eigenvalue weighted by Crippen LogP contribution is 2.08. The number of carboxylic acid groups (broad SMARTS) is 1. The molecule has 3 unspecified atom stereocenters. The summed E-state index contributed by atoms with van der Waals surface area (Å²) in [5.41, 5.74) is 0. The first kappa shape index (κ1) is 15.4. The molecule has 0 aromatic heterocycles. The molecule has 0 amide bonds. The molecule has 6 heteroatoms.